The Labute approximate surface area is 101 Å². The van der Waals surface area contributed by atoms with Gasteiger partial charge >= 0.3 is 0 Å². The SMILES string of the molecule is N#Cc1ccc(S(=O)(=O)NCc2ncon2)s1. The number of hydrogen-bond acceptors (Lipinski definition) is 7. The van der Waals surface area contributed by atoms with Gasteiger partial charge in [0.25, 0.3) is 10.0 Å². The second-order valence-corrected chi connectivity index (χ2v) is 5.98. The average Bonchev–Trinajstić information content (AvgIpc) is 2.98. The summed E-state index contributed by atoms with van der Waals surface area (Å²) in [6.45, 7) is -0.0569. The van der Waals surface area contributed by atoms with Crippen molar-refractivity contribution in [1.29, 1.82) is 5.26 Å². The van der Waals surface area contributed by atoms with Gasteiger partial charge in [0.1, 0.15) is 15.2 Å². The van der Waals surface area contributed by atoms with Crippen LogP contribution in [-0.4, -0.2) is 18.6 Å². The van der Waals surface area contributed by atoms with E-state index >= 15 is 0 Å². The number of rotatable bonds is 4. The minimum Gasteiger partial charge on any atom is -0.343 e. The molecule has 1 N–H and O–H groups in total. The van der Waals surface area contributed by atoms with E-state index in [2.05, 4.69) is 19.4 Å². The van der Waals surface area contributed by atoms with E-state index in [-0.39, 0.29) is 16.6 Å². The topological polar surface area (TPSA) is 109 Å². The molecule has 0 aromatic carbocycles. The first-order valence-corrected chi connectivity index (χ1v) is 6.66. The highest BCUT2D eigenvalue weighted by molar-refractivity contribution is 7.91. The molecule has 0 aliphatic heterocycles. The molecule has 0 saturated heterocycles. The predicted octanol–water partition coefficient (Wildman–Crippen LogP) is 0.481. The molecule has 9 heteroatoms. The summed E-state index contributed by atoms with van der Waals surface area (Å²) in [5.74, 6) is 0.241. The maximum atomic E-state index is 11.8. The lowest BCUT2D eigenvalue weighted by molar-refractivity contribution is 0.409. The fourth-order valence-electron chi connectivity index (χ4n) is 1.03. The Morgan fingerprint density at radius 1 is 1.53 bits per heavy atom. The number of nitriles is 1. The van der Waals surface area contributed by atoms with E-state index in [0.717, 1.165) is 17.7 Å². The fourth-order valence-corrected chi connectivity index (χ4v) is 3.15. The van der Waals surface area contributed by atoms with Gasteiger partial charge in [0.2, 0.25) is 6.39 Å². The van der Waals surface area contributed by atoms with Crippen LogP contribution in [0.15, 0.2) is 27.3 Å². The summed E-state index contributed by atoms with van der Waals surface area (Å²) in [5.41, 5.74) is 0. The van der Waals surface area contributed by atoms with Crippen LogP contribution in [0.2, 0.25) is 0 Å². The number of hydrogen-bond donors (Lipinski definition) is 1. The second-order valence-electron chi connectivity index (χ2n) is 2.90. The molecule has 0 atom stereocenters. The van der Waals surface area contributed by atoms with Crippen molar-refractivity contribution in [3.63, 3.8) is 0 Å². The van der Waals surface area contributed by atoms with Crippen LogP contribution in [-0.2, 0) is 16.6 Å². The lowest BCUT2D eigenvalue weighted by atomic mass is 10.5. The lowest BCUT2D eigenvalue weighted by Crippen LogP contribution is -2.22. The average molecular weight is 270 g/mol. The molecular weight excluding hydrogens is 264 g/mol. The molecule has 2 aromatic rings. The van der Waals surface area contributed by atoms with Crippen LogP contribution in [0.25, 0.3) is 0 Å². The minimum atomic E-state index is -3.63. The highest BCUT2D eigenvalue weighted by Crippen LogP contribution is 2.20. The van der Waals surface area contributed by atoms with Crippen LogP contribution < -0.4 is 4.72 Å². The molecule has 0 aliphatic carbocycles. The molecule has 0 amide bonds. The first-order valence-electron chi connectivity index (χ1n) is 4.36. The van der Waals surface area contributed by atoms with Gasteiger partial charge in [-0.15, -0.1) is 11.3 Å². The standard InChI is InChI=1S/C8H6N4O3S2/c9-3-6-1-2-8(16-6)17(13,14)11-4-7-10-5-15-12-7/h1-2,5,11H,4H2. The highest BCUT2D eigenvalue weighted by atomic mass is 32.2. The summed E-state index contributed by atoms with van der Waals surface area (Å²) in [6, 6.07) is 4.70. The molecule has 0 fully saturated rings. The van der Waals surface area contributed by atoms with E-state index < -0.39 is 10.0 Å². The molecule has 0 spiro atoms. The van der Waals surface area contributed by atoms with Crippen molar-refractivity contribution < 1.29 is 12.9 Å². The number of nitrogens with one attached hydrogen (secondary N) is 1. The zero-order chi connectivity index (χ0) is 12.3. The molecule has 2 heterocycles. The molecule has 0 bridgehead atoms. The zero-order valence-corrected chi connectivity index (χ0v) is 9.96. The third-order valence-corrected chi connectivity index (χ3v) is 4.67. The van der Waals surface area contributed by atoms with E-state index in [1.165, 1.54) is 12.1 Å². The smallest absolute Gasteiger partial charge is 0.250 e. The van der Waals surface area contributed by atoms with Crippen molar-refractivity contribution >= 4 is 21.4 Å². The fraction of sp³-hybridized carbons (Fsp3) is 0.125. The predicted molar refractivity (Wildman–Crippen MR) is 57.4 cm³/mol. The minimum absolute atomic E-state index is 0.0569. The van der Waals surface area contributed by atoms with E-state index in [1.807, 2.05) is 6.07 Å². The van der Waals surface area contributed by atoms with Gasteiger partial charge in [-0.3, -0.25) is 0 Å². The van der Waals surface area contributed by atoms with Crippen LogP contribution in [0, 0.1) is 11.3 Å². The van der Waals surface area contributed by atoms with Crippen molar-refractivity contribution in [2.45, 2.75) is 10.8 Å². The Morgan fingerprint density at radius 3 is 2.94 bits per heavy atom. The quantitative estimate of drug-likeness (QED) is 0.865. The van der Waals surface area contributed by atoms with Gasteiger partial charge in [-0.2, -0.15) is 10.2 Å². The first kappa shape index (κ1) is 11.7. The largest absolute Gasteiger partial charge is 0.343 e. The summed E-state index contributed by atoms with van der Waals surface area (Å²) in [4.78, 5) is 4.02. The van der Waals surface area contributed by atoms with Gasteiger partial charge in [0.15, 0.2) is 5.82 Å². The van der Waals surface area contributed by atoms with E-state index in [9.17, 15) is 8.42 Å². The van der Waals surface area contributed by atoms with Crippen LogP contribution in [0.3, 0.4) is 0 Å². The van der Waals surface area contributed by atoms with Crippen LogP contribution in [0.4, 0.5) is 0 Å². The number of aromatic nitrogens is 2. The number of nitrogens with zero attached hydrogens (tertiary/aromatic N) is 3. The van der Waals surface area contributed by atoms with Gasteiger partial charge in [0.05, 0.1) is 6.54 Å². The molecule has 88 valence electrons. The molecule has 0 unspecified atom stereocenters. The first-order chi connectivity index (χ1) is 8.12. The Hall–Kier alpha value is -1.76. The highest BCUT2D eigenvalue weighted by Gasteiger charge is 2.17. The van der Waals surface area contributed by atoms with Crippen LogP contribution >= 0.6 is 11.3 Å². The Balaban J connectivity index is 2.11. The van der Waals surface area contributed by atoms with Crippen LogP contribution in [0.5, 0.6) is 0 Å². The molecular formula is C8H6N4O3S2. The zero-order valence-electron chi connectivity index (χ0n) is 8.32. The molecule has 0 radical (unpaired) electrons. The second kappa shape index (κ2) is 4.62. The number of sulfonamides is 1. The third-order valence-electron chi connectivity index (χ3n) is 1.78. The van der Waals surface area contributed by atoms with E-state index in [1.54, 1.807) is 0 Å². The van der Waals surface area contributed by atoms with Crippen molar-refractivity contribution in [3.8, 4) is 6.07 Å². The maximum Gasteiger partial charge on any atom is 0.250 e. The summed E-state index contributed by atoms with van der Waals surface area (Å²) < 4.78 is 30.4. The maximum absolute atomic E-state index is 11.8. The Kier molecular flexibility index (Phi) is 3.19. The normalized spacial score (nSPS) is 11.2. The van der Waals surface area contributed by atoms with Gasteiger partial charge in [-0.25, -0.2) is 13.1 Å². The lowest BCUT2D eigenvalue weighted by Gasteiger charge is -2.00. The molecule has 7 nitrogen and oxygen atoms in total. The molecule has 17 heavy (non-hydrogen) atoms. The van der Waals surface area contributed by atoms with Crippen molar-refractivity contribution in [1.82, 2.24) is 14.9 Å². The molecule has 0 saturated carbocycles. The third kappa shape index (κ3) is 2.68. The van der Waals surface area contributed by atoms with Gasteiger partial charge in [-0.1, -0.05) is 5.16 Å². The molecule has 2 rings (SSSR count). The van der Waals surface area contributed by atoms with Crippen molar-refractivity contribution in [2.75, 3.05) is 0 Å². The van der Waals surface area contributed by atoms with Gasteiger partial charge in [-0.05, 0) is 12.1 Å². The molecule has 0 aliphatic rings. The molecule has 2 aromatic heterocycles. The monoisotopic (exact) mass is 270 g/mol. The summed E-state index contributed by atoms with van der Waals surface area (Å²) in [6.07, 6.45) is 1.11. The summed E-state index contributed by atoms with van der Waals surface area (Å²) in [5, 5.41) is 12.1. The Bertz CT molecular complexity index is 639. The summed E-state index contributed by atoms with van der Waals surface area (Å²) in [7, 11) is -3.63. The van der Waals surface area contributed by atoms with E-state index in [0.29, 0.717) is 4.88 Å². The van der Waals surface area contributed by atoms with Crippen molar-refractivity contribution in [2.24, 2.45) is 0 Å². The van der Waals surface area contributed by atoms with Gasteiger partial charge < -0.3 is 4.52 Å². The van der Waals surface area contributed by atoms with Gasteiger partial charge in [0, 0.05) is 0 Å². The van der Waals surface area contributed by atoms with Crippen molar-refractivity contribution in [3.05, 3.63) is 29.2 Å². The summed E-state index contributed by atoms with van der Waals surface area (Å²) >= 11 is 0.901. The number of thiophene rings is 1. The van der Waals surface area contributed by atoms with Crippen LogP contribution in [0.1, 0.15) is 10.7 Å². The van der Waals surface area contributed by atoms with E-state index in [4.69, 9.17) is 5.26 Å². The Morgan fingerprint density at radius 2 is 2.35 bits per heavy atom.